The predicted molar refractivity (Wildman–Crippen MR) is 241 cm³/mol. The van der Waals surface area contributed by atoms with Crippen molar-refractivity contribution in [2.75, 3.05) is 19.0 Å². The Labute approximate surface area is 376 Å². The molecule has 19 heteroatoms. The van der Waals surface area contributed by atoms with Gasteiger partial charge in [0.1, 0.15) is 52.8 Å². The van der Waals surface area contributed by atoms with Crippen molar-refractivity contribution in [1.82, 2.24) is 30.2 Å². The first-order chi connectivity index (χ1) is 30.4. The van der Waals surface area contributed by atoms with Crippen molar-refractivity contribution in [2.24, 2.45) is 11.3 Å². The molecule has 7 rings (SSSR count). The van der Waals surface area contributed by atoms with Crippen LogP contribution in [0, 0.1) is 11.3 Å². The van der Waals surface area contributed by atoms with Crippen molar-refractivity contribution in [1.29, 1.82) is 0 Å². The molecule has 1 aliphatic heterocycles. The van der Waals surface area contributed by atoms with Gasteiger partial charge in [-0.25, -0.2) is 19.5 Å². The number of likely N-dealkylation sites (tertiary alicyclic amines) is 1. The van der Waals surface area contributed by atoms with Gasteiger partial charge in [0.05, 0.1) is 24.9 Å². The van der Waals surface area contributed by atoms with E-state index in [0.29, 0.717) is 33.8 Å². The van der Waals surface area contributed by atoms with Gasteiger partial charge in [-0.3, -0.25) is 14.4 Å². The number of hydrogen-bond acceptors (Lipinski definition) is 14. The number of ether oxygens (including phenoxy) is 3. The third kappa shape index (κ3) is 10.5. The molecule has 2 aromatic heterocycles. The standard InChI is InChI=1S/C45H55N7O10S2/c1-8-27-23-45(27,41(55)51-64(57,58)62-29-16-10-9-11-17-29)50-39(53)36-21-31(24-52(36)40(54)38(44(4,5)6)49-43(56)61-28-14-12-13-15-28)60-37-22-34(35-25-63-42(48-35)46-26(2)3)47-33-20-30(59-7)18-19-32(33)37/h8-11,16-20,22,25-28,31,36,38H,1,12-15,21,23-24H2,2-7H3,(H,46,48)(H,49,56)(H,50,53)(H,51,55)/t27?,31-,36+,38-,45-/m1/s1. The van der Waals surface area contributed by atoms with Crippen LogP contribution < -0.4 is 34.3 Å². The molecule has 4 aromatic rings. The van der Waals surface area contributed by atoms with E-state index in [1.807, 2.05) is 30.0 Å². The van der Waals surface area contributed by atoms with E-state index in [4.69, 9.17) is 28.4 Å². The molecule has 5 atom stereocenters. The van der Waals surface area contributed by atoms with Gasteiger partial charge in [0.2, 0.25) is 11.8 Å². The summed E-state index contributed by atoms with van der Waals surface area (Å²) in [6, 6.07) is 12.5. The molecule has 1 saturated heterocycles. The van der Waals surface area contributed by atoms with Crippen LogP contribution in [0.1, 0.15) is 73.1 Å². The fourth-order valence-corrected chi connectivity index (χ4v) is 9.75. The van der Waals surface area contributed by atoms with Crippen molar-refractivity contribution in [3.63, 3.8) is 0 Å². The van der Waals surface area contributed by atoms with Gasteiger partial charge in [-0.05, 0) is 75.6 Å². The van der Waals surface area contributed by atoms with Crippen LogP contribution in [0.15, 0.2) is 72.6 Å². The van der Waals surface area contributed by atoms with Crippen LogP contribution in [0.4, 0.5) is 9.93 Å². The molecular weight excluding hydrogens is 863 g/mol. The lowest BCUT2D eigenvalue weighted by Gasteiger charge is -2.35. The number of rotatable bonds is 16. The molecule has 342 valence electrons. The highest BCUT2D eigenvalue weighted by Gasteiger charge is 2.62. The van der Waals surface area contributed by atoms with Crippen LogP contribution in [-0.4, -0.2) is 96.6 Å². The van der Waals surface area contributed by atoms with E-state index >= 15 is 0 Å². The van der Waals surface area contributed by atoms with E-state index in [1.54, 1.807) is 64.3 Å². The SMILES string of the molecule is C=CC1C[C@]1(NC(=O)[C@@H]1C[C@@H](Oc2cc(-c3csc(NC(C)C)n3)nc3cc(OC)ccc23)CN1C(=O)[C@@H](NC(=O)OC1CCCC1)C(C)(C)C)C(=O)NS(=O)(=O)Oc1ccccc1. The normalized spacial score (nSPS) is 21.5. The largest absolute Gasteiger partial charge is 0.497 e. The lowest BCUT2D eigenvalue weighted by atomic mass is 9.85. The number of nitrogens with one attached hydrogen (secondary N) is 4. The molecule has 2 aliphatic carbocycles. The maximum atomic E-state index is 14.9. The Bertz CT molecular complexity index is 2510. The topological polar surface area (TPSA) is 216 Å². The quantitative estimate of drug-likeness (QED) is 0.0934. The zero-order chi connectivity index (χ0) is 46.0. The maximum absolute atomic E-state index is 14.9. The zero-order valence-corrected chi connectivity index (χ0v) is 38.3. The minimum absolute atomic E-state index is 0.0232. The zero-order valence-electron chi connectivity index (χ0n) is 36.7. The monoisotopic (exact) mass is 917 g/mol. The van der Waals surface area contributed by atoms with Crippen LogP contribution in [0.25, 0.3) is 22.3 Å². The average molecular weight is 918 g/mol. The molecule has 3 heterocycles. The van der Waals surface area contributed by atoms with E-state index in [2.05, 4.69) is 22.5 Å². The Kier molecular flexibility index (Phi) is 13.4. The van der Waals surface area contributed by atoms with Crippen LogP contribution >= 0.6 is 11.3 Å². The minimum Gasteiger partial charge on any atom is -0.497 e. The minimum atomic E-state index is -4.67. The summed E-state index contributed by atoms with van der Waals surface area (Å²) in [5.74, 6) is -2.03. The van der Waals surface area contributed by atoms with Crippen molar-refractivity contribution in [3.05, 3.63) is 72.6 Å². The van der Waals surface area contributed by atoms with Gasteiger partial charge in [0.15, 0.2) is 5.13 Å². The smallest absolute Gasteiger partial charge is 0.409 e. The summed E-state index contributed by atoms with van der Waals surface area (Å²) in [6.45, 7) is 13.1. The number of hydrogen-bond donors (Lipinski definition) is 4. The van der Waals surface area contributed by atoms with Gasteiger partial charge >= 0.3 is 16.4 Å². The van der Waals surface area contributed by atoms with E-state index in [0.717, 1.165) is 30.8 Å². The summed E-state index contributed by atoms with van der Waals surface area (Å²) >= 11 is 1.43. The number of thiazole rings is 1. The number of anilines is 1. The predicted octanol–water partition coefficient (Wildman–Crippen LogP) is 6.12. The summed E-state index contributed by atoms with van der Waals surface area (Å²) in [4.78, 5) is 67.6. The number of aromatic nitrogens is 2. The number of methoxy groups -OCH3 is 1. The highest BCUT2D eigenvalue weighted by molar-refractivity contribution is 7.85. The van der Waals surface area contributed by atoms with Gasteiger partial charge in [0.25, 0.3) is 5.91 Å². The number of amides is 4. The molecule has 4 amide bonds. The second-order valence-electron chi connectivity index (χ2n) is 17.8. The Morgan fingerprint density at radius 2 is 1.72 bits per heavy atom. The summed E-state index contributed by atoms with van der Waals surface area (Å²) in [5.41, 5.74) is -0.896. The Morgan fingerprint density at radius 3 is 2.38 bits per heavy atom. The number of alkyl carbamates (subject to hydrolysis) is 1. The first-order valence-electron chi connectivity index (χ1n) is 21.3. The number of para-hydroxylation sites is 1. The molecule has 3 fully saturated rings. The highest BCUT2D eigenvalue weighted by atomic mass is 32.2. The molecule has 3 aliphatic rings. The lowest BCUT2D eigenvalue weighted by Crippen LogP contribution is -2.60. The van der Waals surface area contributed by atoms with Crippen molar-refractivity contribution in [3.8, 4) is 28.6 Å². The summed E-state index contributed by atoms with van der Waals surface area (Å²) in [6.07, 6.45) is 2.98. The molecule has 0 spiro atoms. The number of pyridine rings is 1. The highest BCUT2D eigenvalue weighted by Crippen LogP contribution is 2.45. The fraction of sp³-hybridized carbons (Fsp3) is 0.467. The second-order valence-corrected chi connectivity index (χ2v) is 19.9. The van der Waals surface area contributed by atoms with Crippen LogP contribution in [-0.2, 0) is 29.4 Å². The van der Waals surface area contributed by atoms with Crippen molar-refractivity contribution >= 4 is 61.5 Å². The Morgan fingerprint density at radius 1 is 0.984 bits per heavy atom. The Hall–Kier alpha value is -5.95. The third-order valence-electron chi connectivity index (χ3n) is 11.5. The van der Waals surface area contributed by atoms with E-state index in [9.17, 15) is 27.6 Å². The number of fused-ring (bicyclic) bond motifs is 1. The first kappa shape index (κ1) is 46.1. The van der Waals surface area contributed by atoms with Crippen LogP contribution in [0.3, 0.4) is 0 Å². The summed E-state index contributed by atoms with van der Waals surface area (Å²) < 4.78 is 51.0. The fourth-order valence-electron chi connectivity index (χ4n) is 8.08. The maximum Gasteiger partial charge on any atom is 0.409 e. The van der Waals surface area contributed by atoms with Gasteiger partial charge < -0.3 is 39.2 Å². The molecule has 4 N–H and O–H groups in total. The number of benzene rings is 2. The van der Waals surface area contributed by atoms with Gasteiger partial charge in [-0.15, -0.1) is 17.9 Å². The van der Waals surface area contributed by atoms with Gasteiger partial charge in [0, 0.05) is 41.3 Å². The van der Waals surface area contributed by atoms with E-state index < -0.39 is 69.2 Å². The molecule has 0 radical (unpaired) electrons. The molecule has 17 nitrogen and oxygen atoms in total. The number of nitrogens with zero attached hydrogens (tertiary/aromatic N) is 3. The molecule has 2 saturated carbocycles. The molecule has 1 unspecified atom stereocenters. The van der Waals surface area contributed by atoms with Gasteiger partial charge in [-0.1, -0.05) is 45.0 Å². The summed E-state index contributed by atoms with van der Waals surface area (Å²) in [5, 5.41) is 12.1. The van der Waals surface area contributed by atoms with Crippen LogP contribution in [0.5, 0.6) is 17.2 Å². The molecule has 2 aromatic carbocycles. The Balaban J connectivity index is 1.20. The van der Waals surface area contributed by atoms with E-state index in [-0.39, 0.29) is 37.3 Å². The number of carbonyl (C=O) groups is 4. The molecular formula is C45H55N7O10S2. The van der Waals surface area contributed by atoms with Crippen molar-refractivity contribution in [2.45, 2.75) is 109 Å². The molecule has 0 bridgehead atoms. The average Bonchev–Trinajstić information content (AvgIpc) is 3.65. The third-order valence-corrected chi connectivity index (χ3v) is 13.1. The first-order valence-corrected chi connectivity index (χ1v) is 23.6. The van der Waals surface area contributed by atoms with Crippen LogP contribution in [0.2, 0.25) is 0 Å². The summed E-state index contributed by atoms with van der Waals surface area (Å²) in [7, 11) is -3.12. The second kappa shape index (κ2) is 18.6. The lowest BCUT2D eigenvalue weighted by molar-refractivity contribution is -0.143. The number of carbonyl (C=O) groups excluding carboxylic acids is 4. The van der Waals surface area contributed by atoms with E-state index in [1.165, 1.54) is 34.4 Å². The molecule has 64 heavy (non-hydrogen) atoms. The van der Waals surface area contributed by atoms with Gasteiger partial charge in [-0.2, -0.15) is 8.42 Å². The van der Waals surface area contributed by atoms with Crippen molar-refractivity contribution < 1.29 is 46.0 Å².